The summed E-state index contributed by atoms with van der Waals surface area (Å²) >= 11 is 0. The number of aryl methyl sites for hydroxylation is 2. The zero-order valence-electron chi connectivity index (χ0n) is 61.9. The fourth-order valence-corrected chi connectivity index (χ4v) is 17.6. The highest BCUT2D eigenvalue weighted by molar-refractivity contribution is 6.05. The molecule has 0 saturated heterocycles. The molecule has 2 aliphatic rings. The van der Waals surface area contributed by atoms with Crippen molar-refractivity contribution in [1.29, 1.82) is 0 Å². The van der Waals surface area contributed by atoms with Crippen molar-refractivity contribution in [1.82, 2.24) is 20.6 Å². The van der Waals surface area contributed by atoms with E-state index in [0.717, 1.165) is 110 Å². The molecule has 0 bridgehead atoms. The quantitative estimate of drug-likeness (QED) is 0.0361. The Bertz CT molecular complexity index is 2570. The zero-order chi connectivity index (χ0) is 66.3. The predicted octanol–water partition coefficient (Wildman–Crippen LogP) is 29.7. The Hall–Kier alpha value is -3.68. The molecular weight excluding hydrogens is 1160 g/mol. The monoisotopic (exact) mass is 1300 g/mol. The molecule has 2 aliphatic carbocycles. The van der Waals surface area contributed by atoms with Crippen LogP contribution >= 0.6 is 0 Å². The van der Waals surface area contributed by atoms with Crippen molar-refractivity contribution in [2.75, 3.05) is 0 Å². The van der Waals surface area contributed by atoms with Crippen LogP contribution in [0.1, 0.15) is 446 Å². The van der Waals surface area contributed by atoms with E-state index in [-0.39, 0.29) is 11.6 Å². The van der Waals surface area contributed by atoms with Gasteiger partial charge in [0.15, 0.2) is 0 Å². The van der Waals surface area contributed by atoms with Crippen molar-refractivity contribution in [3.63, 3.8) is 0 Å². The summed E-state index contributed by atoms with van der Waals surface area (Å²) in [6.07, 6.45) is 74.7. The van der Waals surface area contributed by atoms with Gasteiger partial charge in [-0.15, -0.1) is 0 Å². The fourth-order valence-electron chi connectivity index (χ4n) is 17.6. The molecule has 0 amide bonds. The third-order valence-electron chi connectivity index (χ3n) is 23.2. The van der Waals surface area contributed by atoms with E-state index >= 15 is 8.78 Å². The summed E-state index contributed by atoms with van der Waals surface area (Å²) in [5.41, 5.74) is 8.40. The Morgan fingerprint density at radius 1 is 0.255 bits per heavy atom. The summed E-state index contributed by atoms with van der Waals surface area (Å²) in [5.74, 6) is -0.502. The molecule has 3 aromatic carbocycles. The summed E-state index contributed by atoms with van der Waals surface area (Å²) in [7, 11) is 0. The molecule has 0 radical (unpaired) electrons. The molecule has 2 aromatic heterocycles. The summed E-state index contributed by atoms with van der Waals surface area (Å²) in [6, 6.07) is 4.51. The first kappa shape index (κ1) is 77.7. The summed E-state index contributed by atoms with van der Waals surface area (Å²) in [4.78, 5) is 0. The highest BCUT2D eigenvalue weighted by atomic mass is 19.1. The van der Waals surface area contributed by atoms with Crippen molar-refractivity contribution in [2.45, 2.75) is 438 Å². The van der Waals surface area contributed by atoms with Crippen LogP contribution in [0.4, 0.5) is 8.78 Å². The Kier molecular flexibility index (Phi) is 37.2. The number of halogens is 2. The maximum Gasteiger partial charge on any atom is 0.143 e. The van der Waals surface area contributed by atoms with Crippen LogP contribution in [0, 0.1) is 25.5 Å². The fraction of sp³-hybridized carbons (Fsp3) is 0.791. The Labute approximate surface area is 574 Å². The lowest BCUT2D eigenvalue weighted by molar-refractivity contribution is 0.315. The number of rotatable bonds is 60. The first-order chi connectivity index (χ1) is 46.3. The van der Waals surface area contributed by atoms with Gasteiger partial charge in [-0.3, -0.25) is 0 Å². The Balaban J connectivity index is 1.18. The topological polar surface area (TPSA) is 77.8 Å². The van der Waals surface area contributed by atoms with Crippen molar-refractivity contribution in [3.05, 3.63) is 57.1 Å². The van der Waals surface area contributed by atoms with E-state index in [1.54, 1.807) is 0 Å². The molecule has 5 aromatic rings. The normalized spacial score (nSPS) is 13.7. The lowest BCUT2D eigenvalue weighted by Gasteiger charge is -2.35. The highest BCUT2D eigenvalue weighted by Gasteiger charge is 2.55. The van der Waals surface area contributed by atoms with Crippen molar-refractivity contribution in [3.8, 4) is 22.3 Å². The van der Waals surface area contributed by atoms with Gasteiger partial charge in [0.25, 0.3) is 0 Å². The van der Waals surface area contributed by atoms with Crippen LogP contribution in [0.15, 0.2) is 21.4 Å². The minimum Gasteiger partial charge on any atom is -0.243 e. The van der Waals surface area contributed by atoms with Gasteiger partial charge in [-0.1, -0.05) is 399 Å². The smallest absolute Gasteiger partial charge is 0.143 e. The Morgan fingerprint density at radius 2 is 0.436 bits per heavy atom. The number of unbranched alkanes of at least 4 members (excludes halogenated alkanes) is 52. The van der Waals surface area contributed by atoms with E-state index in [1.165, 1.54) is 308 Å². The first-order valence-corrected chi connectivity index (χ1v) is 41.4. The number of hydrogen-bond acceptors (Lipinski definition) is 6. The lowest BCUT2D eigenvalue weighted by atomic mass is 9.68. The van der Waals surface area contributed by atoms with E-state index in [9.17, 15) is 0 Å². The van der Waals surface area contributed by atoms with Crippen LogP contribution in [-0.2, 0) is 10.8 Å². The van der Waals surface area contributed by atoms with Gasteiger partial charge < -0.3 is 0 Å². The van der Waals surface area contributed by atoms with Gasteiger partial charge in [0, 0.05) is 44.2 Å². The minimum absolute atomic E-state index is 0.251. The molecule has 0 unspecified atom stereocenters. The predicted molar refractivity (Wildman–Crippen MR) is 399 cm³/mol. The van der Waals surface area contributed by atoms with E-state index < -0.39 is 10.8 Å². The summed E-state index contributed by atoms with van der Waals surface area (Å²) < 4.78 is 51.3. The van der Waals surface area contributed by atoms with E-state index in [0.29, 0.717) is 44.3 Å². The highest BCUT2D eigenvalue weighted by Crippen LogP contribution is 2.65. The van der Waals surface area contributed by atoms with Gasteiger partial charge in [0.2, 0.25) is 0 Å². The van der Waals surface area contributed by atoms with Gasteiger partial charge >= 0.3 is 0 Å². The van der Waals surface area contributed by atoms with Crippen molar-refractivity contribution < 1.29 is 18.0 Å². The zero-order valence-corrected chi connectivity index (χ0v) is 61.9. The second-order valence-electron chi connectivity index (χ2n) is 30.8. The third kappa shape index (κ3) is 22.7. The maximum absolute atomic E-state index is 20.0. The third-order valence-corrected chi connectivity index (χ3v) is 23.2. The van der Waals surface area contributed by atoms with Gasteiger partial charge in [-0.05, 0) is 82.4 Å². The molecule has 530 valence electrons. The van der Waals surface area contributed by atoms with Gasteiger partial charge in [0.1, 0.15) is 33.7 Å². The molecule has 6 nitrogen and oxygen atoms in total. The molecular formula is C86H140F2N4O2. The van der Waals surface area contributed by atoms with E-state index in [4.69, 9.17) is 9.26 Å². The number of nitrogens with zero attached hydrogens (tertiary/aromatic N) is 4. The second-order valence-corrected chi connectivity index (χ2v) is 30.8. The van der Waals surface area contributed by atoms with Crippen LogP contribution in [0.25, 0.3) is 44.3 Å². The molecule has 0 N–H and O–H groups in total. The van der Waals surface area contributed by atoms with Crippen LogP contribution < -0.4 is 0 Å². The summed E-state index contributed by atoms with van der Waals surface area (Å²) in [6.45, 7) is 13.4. The Morgan fingerprint density at radius 3 is 0.638 bits per heavy atom. The largest absolute Gasteiger partial charge is 0.243 e. The van der Waals surface area contributed by atoms with Crippen molar-refractivity contribution >= 4 is 22.1 Å². The van der Waals surface area contributed by atoms with Gasteiger partial charge in [-0.2, -0.15) is 0 Å². The second kappa shape index (κ2) is 45.1. The average Bonchev–Trinajstić information content (AvgIpc) is 1.50. The molecule has 94 heavy (non-hydrogen) atoms. The number of fused-ring (bicyclic) bond motifs is 10. The first-order valence-electron chi connectivity index (χ1n) is 41.4. The molecule has 0 spiro atoms. The molecule has 0 atom stereocenters. The molecule has 8 heteroatoms. The van der Waals surface area contributed by atoms with E-state index in [1.807, 2.05) is 0 Å². The number of benzene rings is 3. The molecule has 0 saturated carbocycles. The average molecular weight is 1300 g/mol. The van der Waals surface area contributed by atoms with Crippen LogP contribution in [0.2, 0.25) is 0 Å². The molecule has 0 fully saturated rings. The van der Waals surface area contributed by atoms with Gasteiger partial charge in [0.05, 0.1) is 0 Å². The molecule has 7 rings (SSSR count). The van der Waals surface area contributed by atoms with Crippen molar-refractivity contribution in [2.24, 2.45) is 0 Å². The lowest BCUT2D eigenvalue weighted by Crippen LogP contribution is -2.29. The van der Waals surface area contributed by atoms with Crippen LogP contribution in [0.3, 0.4) is 0 Å². The molecule has 2 heterocycles. The molecule has 0 aliphatic heterocycles. The summed E-state index contributed by atoms with van der Waals surface area (Å²) in [5, 5.41) is 18.4. The van der Waals surface area contributed by atoms with Gasteiger partial charge in [-0.25, -0.2) is 18.0 Å². The maximum atomic E-state index is 20.0. The van der Waals surface area contributed by atoms with E-state index in [2.05, 4.69) is 74.3 Å². The number of aromatic nitrogens is 4. The standard InChI is InChI=1S/C86H140F2N4O2/c1-7-11-15-19-23-27-31-35-39-43-47-51-55-59-63-85(64-60-56-52-48-44-40-36-32-28-24-20-16-12-8-2)71-67-69(5)81-83(91-93-89-81)73(71)75-77(85)79(87)76-74-72(68-70(6)82-84(74)92-94-90-82)86(78(76)80(75)88,65-61-57-53-49-45-41-37-33-29-25-21-17-13-9-3)66-62-58-54-50-46-42-38-34-30-26-22-18-14-10-4/h67-68H,7-66H2,1-6H3. The van der Waals surface area contributed by atoms with Crippen LogP contribution in [-0.4, -0.2) is 20.6 Å². The van der Waals surface area contributed by atoms with Crippen LogP contribution in [0.5, 0.6) is 0 Å². The minimum atomic E-state index is -0.753. The number of hydrogen-bond donors (Lipinski definition) is 0. The SMILES string of the molecule is CCCCCCCCCCCCCCCCC1(CCCCCCCCCCCCCCCC)c2cc(C)c3nonc3c2-c2c(F)c3c(c(F)c21)-c1c(cc(C)c2nonc12)C3(CCCCCCCCCCCCCCCC)CCCCCCCCCCCCCCCC.